The van der Waals surface area contributed by atoms with Gasteiger partial charge in [0.1, 0.15) is 0 Å². The number of hydrogen-bond donors (Lipinski definition) is 1. The van der Waals surface area contributed by atoms with Crippen LogP contribution >= 0.6 is 0 Å². The van der Waals surface area contributed by atoms with Gasteiger partial charge in [0.05, 0.1) is 23.1 Å². The molecule has 0 radical (unpaired) electrons. The third-order valence-corrected chi connectivity index (χ3v) is 6.06. The van der Waals surface area contributed by atoms with Crippen LogP contribution in [0.3, 0.4) is 0 Å². The first kappa shape index (κ1) is 21.1. The quantitative estimate of drug-likeness (QED) is 0.655. The number of piperazine rings is 1. The standard InChI is InChI=1S/C25H31N5O/c1-4-23-22(18-26-30(23)21-9-7-6-8-10-21)25(31)27-20-11-12-24(19(3)17-20)29-15-13-28(5-2)14-16-29/h6-12,17-18H,4-5,13-16H2,1-3H3,(H,27,31). The highest BCUT2D eigenvalue weighted by Gasteiger charge is 2.19. The van der Waals surface area contributed by atoms with Gasteiger partial charge >= 0.3 is 0 Å². The molecule has 0 aliphatic carbocycles. The Hall–Kier alpha value is -3.12. The van der Waals surface area contributed by atoms with Crippen LogP contribution in [0, 0.1) is 6.92 Å². The normalized spacial score (nSPS) is 14.6. The van der Waals surface area contributed by atoms with Crippen LogP contribution in [0.2, 0.25) is 0 Å². The number of anilines is 2. The molecule has 0 unspecified atom stereocenters. The third-order valence-electron chi connectivity index (χ3n) is 6.06. The zero-order valence-electron chi connectivity index (χ0n) is 18.6. The molecule has 2 heterocycles. The first-order valence-electron chi connectivity index (χ1n) is 11.1. The Balaban J connectivity index is 1.49. The number of nitrogens with zero attached hydrogens (tertiary/aromatic N) is 4. The Kier molecular flexibility index (Phi) is 6.37. The smallest absolute Gasteiger partial charge is 0.259 e. The number of carbonyl (C=O) groups excluding carboxylic acids is 1. The number of hydrogen-bond acceptors (Lipinski definition) is 4. The molecule has 162 valence electrons. The van der Waals surface area contributed by atoms with Crippen molar-refractivity contribution < 1.29 is 4.79 Å². The van der Waals surface area contributed by atoms with Crippen LogP contribution < -0.4 is 10.2 Å². The van der Waals surface area contributed by atoms with Crippen LogP contribution in [0.5, 0.6) is 0 Å². The number of nitrogens with one attached hydrogen (secondary N) is 1. The summed E-state index contributed by atoms with van der Waals surface area (Å²) in [6, 6.07) is 16.1. The maximum Gasteiger partial charge on any atom is 0.259 e. The topological polar surface area (TPSA) is 53.4 Å². The Bertz CT molecular complexity index is 1040. The average Bonchev–Trinajstić information content (AvgIpc) is 3.24. The van der Waals surface area contributed by atoms with Gasteiger partial charge in [-0.05, 0) is 55.8 Å². The highest BCUT2D eigenvalue weighted by atomic mass is 16.1. The zero-order chi connectivity index (χ0) is 21.8. The molecular formula is C25H31N5O. The first-order valence-corrected chi connectivity index (χ1v) is 11.1. The number of benzene rings is 2. The Morgan fingerprint density at radius 1 is 1.03 bits per heavy atom. The Labute approximate surface area is 184 Å². The predicted molar refractivity (Wildman–Crippen MR) is 126 cm³/mol. The fraction of sp³-hybridized carbons (Fsp3) is 0.360. The Morgan fingerprint density at radius 2 is 1.77 bits per heavy atom. The van der Waals surface area contributed by atoms with Crippen molar-refractivity contribution in [3.8, 4) is 5.69 Å². The molecule has 0 saturated carbocycles. The summed E-state index contributed by atoms with van der Waals surface area (Å²) >= 11 is 0. The molecule has 1 aliphatic rings. The van der Waals surface area contributed by atoms with Crippen molar-refractivity contribution >= 4 is 17.3 Å². The van der Waals surface area contributed by atoms with Crippen LogP contribution in [0.4, 0.5) is 11.4 Å². The van der Waals surface area contributed by atoms with Gasteiger partial charge in [0.2, 0.25) is 0 Å². The van der Waals surface area contributed by atoms with Crippen LogP contribution in [-0.4, -0.2) is 53.3 Å². The maximum absolute atomic E-state index is 13.0. The van der Waals surface area contributed by atoms with E-state index in [9.17, 15) is 4.79 Å². The van der Waals surface area contributed by atoms with Crippen molar-refractivity contribution in [1.29, 1.82) is 0 Å². The number of likely N-dealkylation sites (N-methyl/N-ethyl adjacent to an activating group) is 1. The molecule has 1 amide bonds. The van der Waals surface area contributed by atoms with E-state index in [0.29, 0.717) is 5.56 Å². The summed E-state index contributed by atoms with van der Waals surface area (Å²) in [7, 11) is 0. The lowest BCUT2D eigenvalue weighted by atomic mass is 10.1. The molecule has 0 atom stereocenters. The minimum Gasteiger partial charge on any atom is -0.369 e. The number of aryl methyl sites for hydroxylation is 1. The lowest BCUT2D eigenvalue weighted by Gasteiger charge is -2.36. The molecular weight excluding hydrogens is 386 g/mol. The molecule has 6 heteroatoms. The maximum atomic E-state index is 13.0. The van der Waals surface area contributed by atoms with Gasteiger partial charge in [-0.2, -0.15) is 5.10 Å². The van der Waals surface area contributed by atoms with Gasteiger partial charge in [-0.25, -0.2) is 4.68 Å². The fourth-order valence-electron chi connectivity index (χ4n) is 4.29. The van der Waals surface area contributed by atoms with Crippen LogP contribution in [0.25, 0.3) is 5.69 Å². The summed E-state index contributed by atoms with van der Waals surface area (Å²) in [5.74, 6) is -0.122. The van der Waals surface area contributed by atoms with Crippen molar-refractivity contribution in [2.75, 3.05) is 42.9 Å². The number of carbonyl (C=O) groups is 1. The summed E-state index contributed by atoms with van der Waals surface area (Å²) in [6.45, 7) is 11.8. The monoisotopic (exact) mass is 417 g/mol. The molecule has 1 saturated heterocycles. The van der Waals surface area contributed by atoms with E-state index in [1.54, 1.807) is 6.20 Å². The highest BCUT2D eigenvalue weighted by molar-refractivity contribution is 6.05. The van der Waals surface area contributed by atoms with E-state index >= 15 is 0 Å². The van der Waals surface area contributed by atoms with Gasteiger partial charge < -0.3 is 15.1 Å². The Morgan fingerprint density at radius 3 is 2.42 bits per heavy atom. The number of aromatic nitrogens is 2. The molecule has 1 aromatic heterocycles. The van der Waals surface area contributed by atoms with Gasteiger partial charge in [0, 0.05) is 37.6 Å². The molecule has 1 aliphatic heterocycles. The van der Waals surface area contributed by atoms with Crippen molar-refractivity contribution in [3.63, 3.8) is 0 Å². The second kappa shape index (κ2) is 9.35. The molecule has 6 nitrogen and oxygen atoms in total. The molecule has 3 aromatic rings. The predicted octanol–water partition coefficient (Wildman–Crippen LogP) is 4.14. The SMILES string of the molecule is CCc1c(C(=O)Nc2ccc(N3CCN(CC)CC3)c(C)c2)cnn1-c1ccccc1. The third kappa shape index (κ3) is 4.49. The zero-order valence-corrected chi connectivity index (χ0v) is 18.6. The van der Waals surface area contributed by atoms with E-state index < -0.39 is 0 Å². The summed E-state index contributed by atoms with van der Waals surface area (Å²) in [5, 5.41) is 7.54. The fourth-order valence-corrected chi connectivity index (χ4v) is 4.29. The van der Waals surface area contributed by atoms with Gasteiger partial charge in [0.15, 0.2) is 0 Å². The van der Waals surface area contributed by atoms with Gasteiger partial charge in [0.25, 0.3) is 5.91 Å². The van der Waals surface area contributed by atoms with Crippen LogP contribution in [0.1, 0.15) is 35.5 Å². The van der Waals surface area contributed by atoms with Crippen molar-refractivity contribution in [2.24, 2.45) is 0 Å². The van der Waals surface area contributed by atoms with Crippen molar-refractivity contribution in [2.45, 2.75) is 27.2 Å². The molecule has 31 heavy (non-hydrogen) atoms. The average molecular weight is 418 g/mol. The minimum atomic E-state index is -0.122. The molecule has 4 rings (SSSR count). The first-order chi connectivity index (χ1) is 15.1. The highest BCUT2D eigenvalue weighted by Crippen LogP contribution is 2.25. The second-order valence-corrected chi connectivity index (χ2v) is 7.98. The van der Waals surface area contributed by atoms with Crippen LogP contribution in [0.15, 0.2) is 54.7 Å². The molecule has 0 spiro atoms. The van der Waals surface area contributed by atoms with E-state index in [4.69, 9.17) is 0 Å². The van der Waals surface area contributed by atoms with E-state index in [1.807, 2.05) is 48.0 Å². The van der Waals surface area contributed by atoms with Crippen LogP contribution in [-0.2, 0) is 6.42 Å². The summed E-state index contributed by atoms with van der Waals surface area (Å²) < 4.78 is 1.85. The van der Waals surface area contributed by atoms with E-state index in [2.05, 4.69) is 46.2 Å². The number of rotatable bonds is 6. The molecule has 2 aromatic carbocycles. The summed E-state index contributed by atoms with van der Waals surface area (Å²) in [5.41, 5.74) is 5.72. The number of amides is 1. The van der Waals surface area contributed by atoms with E-state index in [0.717, 1.165) is 56.2 Å². The molecule has 1 fully saturated rings. The second-order valence-electron chi connectivity index (χ2n) is 7.98. The number of para-hydroxylation sites is 1. The summed E-state index contributed by atoms with van der Waals surface area (Å²) in [6.07, 6.45) is 2.38. The lowest BCUT2D eigenvalue weighted by Crippen LogP contribution is -2.46. The van der Waals surface area contributed by atoms with E-state index in [1.165, 1.54) is 11.3 Å². The summed E-state index contributed by atoms with van der Waals surface area (Å²) in [4.78, 5) is 17.9. The van der Waals surface area contributed by atoms with Crippen molar-refractivity contribution in [1.82, 2.24) is 14.7 Å². The van der Waals surface area contributed by atoms with Gasteiger partial charge in [-0.1, -0.05) is 32.0 Å². The van der Waals surface area contributed by atoms with Gasteiger partial charge in [-0.15, -0.1) is 0 Å². The van der Waals surface area contributed by atoms with E-state index in [-0.39, 0.29) is 5.91 Å². The largest absolute Gasteiger partial charge is 0.369 e. The van der Waals surface area contributed by atoms with Crippen molar-refractivity contribution in [3.05, 3.63) is 71.5 Å². The molecule has 0 bridgehead atoms. The minimum absolute atomic E-state index is 0.122. The molecule has 1 N–H and O–H groups in total. The lowest BCUT2D eigenvalue weighted by molar-refractivity contribution is 0.102. The van der Waals surface area contributed by atoms with Gasteiger partial charge in [-0.3, -0.25) is 4.79 Å².